The number of carbonyl (C=O) groups is 1. The molecule has 1 aromatic carbocycles. The molecular formula is C15H16N2O2. The minimum absolute atomic E-state index is 0.138. The van der Waals surface area contributed by atoms with E-state index in [-0.39, 0.29) is 5.91 Å². The average molecular weight is 256 g/mol. The Hall–Kier alpha value is -2.36. The molecule has 0 radical (unpaired) electrons. The van der Waals surface area contributed by atoms with Crippen molar-refractivity contribution in [1.82, 2.24) is 10.3 Å². The van der Waals surface area contributed by atoms with Crippen molar-refractivity contribution in [1.29, 1.82) is 0 Å². The summed E-state index contributed by atoms with van der Waals surface area (Å²) < 4.78 is 4.99. The number of amides is 1. The van der Waals surface area contributed by atoms with Gasteiger partial charge in [-0.05, 0) is 18.6 Å². The van der Waals surface area contributed by atoms with Crippen molar-refractivity contribution < 1.29 is 9.53 Å². The zero-order valence-corrected chi connectivity index (χ0v) is 11.0. The van der Waals surface area contributed by atoms with E-state index in [2.05, 4.69) is 10.3 Å². The molecular weight excluding hydrogens is 240 g/mol. The van der Waals surface area contributed by atoms with Gasteiger partial charge in [0, 0.05) is 24.4 Å². The second kappa shape index (κ2) is 6.00. The Morgan fingerprint density at radius 2 is 2.00 bits per heavy atom. The van der Waals surface area contributed by atoms with Gasteiger partial charge in [0.2, 0.25) is 5.88 Å². The van der Waals surface area contributed by atoms with E-state index in [9.17, 15) is 4.79 Å². The highest BCUT2D eigenvalue weighted by Crippen LogP contribution is 2.09. The number of ether oxygens (including phenoxy) is 1. The summed E-state index contributed by atoms with van der Waals surface area (Å²) in [7, 11) is 1.52. The van der Waals surface area contributed by atoms with Gasteiger partial charge in [0.15, 0.2) is 0 Å². The molecule has 1 aromatic heterocycles. The molecule has 0 aliphatic rings. The molecule has 0 atom stereocenters. The highest BCUT2D eigenvalue weighted by atomic mass is 16.5. The van der Waals surface area contributed by atoms with Crippen LogP contribution in [0.4, 0.5) is 0 Å². The Morgan fingerprint density at radius 3 is 2.68 bits per heavy atom. The number of aryl methyl sites for hydroxylation is 1. The largest absolute Gasteiger partial charge is 0.481 e. The van der Waals surface area contributed by atoms with E-state index in [0.717, 1.165) is 5.56 Å². The van der Waals surface area contributed by atoms with Crippen LogP contribution in [0.1, 0.15) is 21.5 Å². The molecule has 0 saturated heterocycles. The summed E-state index contributed by atoms with van der Waals surface area (Å²) in [5.74, 6) is 0.296. The van der Waals surface area contributed by atoms with Gasteiger partial charge in [-0.2, -0.15) is 0 Å². The molecule has 0 aliphatic heterocycles. The van der Waals surface area contributed by atoms with E-state index in [1.165, 1.54) is 12.7 Å². The SMILES string of the molecule is COc1cc(C(=O)NCc2ccc(C)cc2)ccn1. The number of carbonyl (C=O) groups excluding carboxylic acids is 1. The molecule has 19 heavy (non-hydrogen) atoms. The number of nitrogens with zero attached hydrogens (tertiary/aromatic N) is 1. The second-order valence-electron chi connectivity index (χ2n) is 4.26. The molecule has 1 N–H and O–H groups in total. The standard InChI is InChI=1S/C15H16N2O2/c1-11-3-5-12(6-4-11)10-17-15(18)13-7-8-16-14(9-13)19-2/h3-9H,10H2,1-2H3,(H,17,18). The van der Waals surface area contributed by atoms with E-state index >= 15 is 0 Å². The summed E-state index contributed by atoms with van der Waals surface area (Å²) in [5, 5.41) is 2.86. The lowest BCUT2D eigenvalue weighted by molar-refractivity contribution is 0.0950. The first-order chi connectivity index (χ1) is 9.19. The smallest absolute Gasteiger partial charge is 0.251 e. The van der Waals surface area contributed by atoms with E-state index in [4.69, 9.17) is 4.74 Å². The van der Waals surface area contributed by atoms with Gasteiger partial charge in [-0.3, -0.25) is 4.79 Å². The molecule has 1 amide bonds. The maximum absolute atomic E-state index is 12.0. The van der Waals surface area contributed by atoms with Crippen LogP contribution in [0.15, 0.2) is 42.6 Å². The van der Waals surface area contributed by atoms with E-state index in [0.29, 0.717) is 18.0 Å². The van der Waals surface area contributed by atoms with Crippen molar-refractivity contribution in [3.8, 4) is 5.88 Å². The number of hydrogen-bond acceptors (Lipinski definition) is 3. The normalized spacial score (nSPS) is 10.0. The van der Waals surface area contributed by atoms with Gasteiger partial charge >= 0.3 is 0 Å². The van der Waals surface area contributed by atoms with Crippen LogP contribution in [0, 0.1) is 6.92 Å². The fourth-order valence-corrected chi connectivity index (χ4v) is 1.65. The molecule has 4 nitrogen and oxygen atoms in total. The molecule has 0 bridgehead atoms. The number of pyridine rings is 1. The first-order valence-electron chi connectivity index (χ1n) is 6.03. The van der Waals surface area contributed by atoms with Crippen LogP contribution in [0.25, 0.3) is 0 Å². The van der Waals surface area contributed by atoms with Gasteiger partial charge in [0.05, 0.1) is 7.11 Å². The first-order valence-corrected chi connectivity index (χ1v) is 6.03. The predicted molar refractivity (Wildman–Crippen MR) is 73.1 cm³/mol. The highest BCUT2D eigenvalue weighted by molar-refractivity contribution is 5.94. The molecule has 0 spiro atoms. The Labute approximate surface area is 112 Å². The predicted octanol–water partition coefficient (Wildman–Crippen LogP) is 2.33. The van der Waals surface area contributed by atoms with Crippen molar-refractivity contribution in [2.24, 2.45) is 0 Å². The number of methoxy groups -OCH3 is 1. The van der Waals surface area contributed by atoms with E-state index in [1.807, 2.05) is 31.2 Å². The summed E-state index contributed by atoms with van der Waals surface area (Å²) >= 11 is 0. The third kappa shape index (κ3) is 3.55. The molecule has 2 rings (SSSR count). The molecule has 4 heteroatoms. The van der Waals surface area contributed by atoms with E-state index in [1.54, 1.807) is 18.3 Å². The summed E-state index contributed by atoms with van der Waals surface area (Å²) in [6.07, 6.45) is 1.56. The molecule has 98 valence electrons. The Morgan fingerprint density at radius 1 is 1.26 bits per heavy atom. The topological polar surface area (TPSA) is 51.2 Å². The molecule has 1 heterocycles. The van der Waals surface area contributed by atoms with Gasteiger partial charge in [-0.1, -0.05) is 29.8 Å². The second-order valence-corrected chi connectivity index (χ2v) is 4.26. The zero-order valence-electron chi connectivity index (χ0n) is 11.0. The lowest BCUT2D eigenvalue weighted by Gasteiger charge is -2.06. The van der Waals surface area contributed by atoms with Gasteiger partial charge < -0.3 is 10.1 Å². The number of rotatable bonds is 4. The minimum Gasteiger partial charge on any atom is -0.481 e. The monoisotopic (exact) mass is 256 g/mol. The third-order valence-corrected chi connectivity index (χ3v) is 2.78. The van der Waals surface area contributed by atoms with Gasteiger partial charge in [-0.15, -0.1) is 0 Å². The maximum atomic E-state index is 12.0. The average Bonchev–Trinajstić information content (AvgIpc) is 2.46. The zero-order chi connectivity index (χ0) is 13.7. The minimum atomic E-state index is -0.138. The lowest BCUT2D eigenvalue weighted by Crippen LogP contribution is -2.22. The quantitative estimate of drug-likeness (QED) is 0.913. The molecule has 0 aliphatic carbocycles. The van der Waals surface area contributed by atoms with Crippen molar-refractivity contribution >= 4 is 5.91 Å². The van der Waals surface area contributed by atoms with Gasteiger partial charge in [-0.25, -0.2) is 4.98 Å². The number of nitrogens with one attached hydrogen (secondary N) is 1. The number of hydrogen-bond donors (Lipinski definition) is 1. The first kappa shape index (κ1) is 13.1. The van der Waals surface area contributed by atoms with Crippen molar-refractivity contribution in [2.75, 3.05) is 7.11 Å². The van der Waals surface area contributed by atoms with Gasteiger partial charge in [0.25, 0.3) is 5.91 Å². The Bertz CT molecular complexity index is 565. The van der Waals surface area contributed by atoms with Crippen molar-refractivity contribution in [3.63, 3.8) is 0 Å². The van der Waals surface area contributed by atoms with Gasteiger partial charge in [0.1, 0.15) is 0 Å². The van der Waals surface area contributed by atoms with Crippen LogP contribution in [0.3, 0.4) is 0 Å². The summed E-state index contributed by atoms with van der Waals surface area (Å²) in [6.45, 7) is 2.54. The Balaban J connectivity index is 1.99. The van der Waals surface area contributed by atoms with Crippen molar-refractivity contribution in [3.05, 3.63) is 59.3 Å². The van der Waals surface area contributed by atoms with Crippen LogP contribution >= 0.6 is 0 Å². The number of benzene rings is 1. The van der Waals surface area contributed by atoms with Crippen LogP contribution < -0.4 is 10.1 Å². The highest BCUT2D eigenvalue weighted by Gasteiger charge is 2.06. The number of aromatic nitrogens is 1. The summed E-state index contributed by atoms with van der Waals surface area (Å²) in [5.41, 5.74) is 2.81. The lowest BCUT2D eigenvalue weighted by atomic mass is 10.1. The molecule has 0 saturated carbocycles. The fourth-order valence-electron chi connectivity index (χ4n) is 1.65. The van der Waals surface area contributed by atoms with Crippen LogP contribution in [-0.2, 0) is 6.54 Å². The van der Waals surface area contributed by atoms with Crippen LogP contribution in [0.2, 0.25) is 0 Å². The maximum Gasteiger partial charge on any atom is 0.251 e. The summed E-state index contributed by atoms with van der Waals surface area (Å²) in [6, 6.07) is 11.3. The third-order valence-electron chi connectivity index (χ3n) is 2.78. The van der Waals surface area contributed by atoms with E-state index < -0.39 is 0 Å². The Kier molecular flexibility index (Phi) is 4.13. The molecule has 0 fully saturated rings. The summed E-state index contributed by atoms with van der Waals surface area (Å²) in [4.78, 5) is 15.9. The molecule has 2 aromatic rings. The van der Waals surface area contributed by atoms with Crippen LogP contribution in [-0.4, -0.2) is 18.0 Å². The fraction of sp³-hybridized carbons (Fsp3) is 0.200. The van der Waals surface area contributed by atoms with Crippen molar-refractivity contribution in [2.45, 2.75) is 13.5 Å². The molecule has 0 unspecified atom stereocenters. The van der Waals surface area contributed by atoms with Crippen LogP contribution in [0.5, 0.6) is 5.88 Å².